The number of ether oxygens (including phenoxy) is 2. The fourth-order valence-electron chi connectivity index (χ4n) is 4.74. The molecule has 5 rings (SSSR count). The van der Waals surface area contributed by atoms with Gasteiger partial charge in [0.05, 0.1) is 31.9 Å². The molecular formula is C26H27N3O6. The third-order valence-electron chi connectivity index (χ3n) is 6.50. The van der Waals surface area contributed by atoms with E-state index < -0.39 is 23.5 Å². The van der Waals surface area contributed by atoms with E-state index >= 15 is 0 Å². The van der Waals surface area contributed by atoms with Crippen molar-refractivity contribution in [2.45, 2.75) is 12.5 Å². The van der Waals surface area contributed by atoms with Crippen LogP contribution in [0.4, 0.5) is 0 Å². The van der Waals surface area contributed by atoms with Crippen LogP contribution in [-0.4, -0.2) is 78.1 Å². The number of carbonyl (C=O) groups excluding carboxylic acids is 2. The van der Waals surface area contributed by atoms with Crippen molar-refractivity contribution in [2.75, 3.05) is 46.5 Å². The fraction of sp³-hybridized carbons (Fsp3) is 0.346. The van der Waals surface area contributed by atoms with Gasteiger partial charge in [0.15, 0.2) is 22.9 Å². The predicted octanol–water partition coefficient (Wildman–Crippen LogP) is 3.14. The Bertz CT molecular complexity index is 1260. The average Bonchev–Trinajstić information content (AvgIpc) is 3.44. The van der Waals surface area contributed by atoms with Crippen LogP contribution in [0.2, 0.25) is 0 Å². The topological polar surface area (TPSA) is 105 Å². The van der Waals surface area contributed by atoms with Gasteiger partial charge >= 0.3 is 0 Å². The van der Waals surface area contributed by atoms with Crippen molar-refractivity contribution in [3.05, 3.63) is 71.4 Å². The fourth-order valence-corrected chi connectivity index (χ4v) is 4.74. The lowest BCUT2D eigenvalue weighted by Gasteiger charge is -2.29. The number of hydrogen-bond acceptors (Lipinski definition) is 8. The molecule has 1 N–H and O–H groups in total. The van der Waals surface area contributed by atoms with Crippen molar-refractivity contribution in [1.82, 2.24) is 14.8 Å². The summed E-state index contributed by atoms with van der Waals surface area (Å²) in [6.45, 7) is 4.29. The van der Waals surface area contributed by atoms with Crippen LogP contribution in [0.25, 0.3) is 11.0 Å². The molecule has 4 heterocycles. The second-order valence-corrected chi connectivity index (χ2v) is 8.57. The molecular weight excluding hydrogens is 450 g/mol. The van der Waals surface area contributed by atoms with Crippen molar-refractivity contribution < 1.29 is 28.6 Å². The number of morpholine rings is 1. The molecule has 1 saturated heterocycles. The molecule has 0 radical (unpaired) electrons. The first kappa shape index (κ1) is 23.1. The maximum Gasteiger partial charge on any atom is 0.290 e. The molecule has 0 aliphatic carbocycles. The molecule has 9 nitrogen and oxygen atoms in total. The maximum absolute atomic E-state index is 13.7. The van der Waals surface area contributed by atoms with Gasteiger partial charge in [0, 0.05) is 44.0 Å². The number of rotatable bonds is 8. The molecule has 1 fully saturated rings. The summed E-state index contributed by atoms with van der Waals surface area (Å²) in [4.78, 5) is 34.7. The van der Waals surface area contributed by atoms with Crippen LogP contribution in [0.1, 0.15) is 28.6 Å². The number of furan rings is 1. The molecule has 0 saturated carbocycles. The Morgan fingerprint density at radius 3 is 2.69 bits per heavy atom. The highest BCUT2D eigenvalue weighted by atomic mass is 16.5. The number of pyridine rings is 1. The van der Waals surface area contributed by atoms with Gasteiger partial charge in [-0.3, -0.25) is 19.5 Å². The van der Waals surface area contributed by atoms with E-state index in [9.17, 15) is 14.7 Å². The third-order valence-corrected chi connectivity index (χ3v) is 6.50. The van der Waals surface area contributed by atoms with Crippen molar-refractivity contribution in [1.29, 1.82) is 0 Å². The van der Waals surface area contributed by atoms with E-state index in [2.05, 4.69) is 9.88 Å². The standard InChI is InChI=1S/C26H27N3O6/c1-33-19-5-2-4-18-16-20(35-25(18)19)23(30)21-22(17-6-8-27-9-7-17)29(26(32)24(21)31)11-3-10-28-12-14-34-15-13-28/h2,4-9,16,22,31H,3,10-15H2,1H3/t22-/m1/s1. The van der Waals surface area contributed by atoms with Crippen LogP contribution in [0.15, 0.2) is 64.5 Å². The van der Waals surface area contributed by atoms with Crippen molar-refractivity contribution in [3.63, 3.8) is 0 Å². The first-order valence-corrected chi connectivity index (χ1v) is 11.6. The number of aliphatic hydroxyl groups is 1. The lowest BCUT2D eigenvalue weighted by Crippen LogP contribution is -2.39. The Balaban J connectivity index is 1.45. The molecule has 0 bridgehead atoms. The van der Waals surface area contributed by atoms with Gasteiger partial charge in [-0.05, 0) is 36.2 Å². The largest absolute Gasteiger partial charge is 0.503 e. The first-order chi connectivity index (χ1) is 17.1. The summed E-state index contributed by atoms with van der Waals surface area (Å²) in [6, 6.07) is 9.72. The minimum atomic E-state index is -0.738. The van der Waals surface area contributed by atoms with Gasteiger partial charge in [-0.25, -0.2) is 0 Å². The lowest BCUT2D eigenvalue weighted by atomic mass is 9.95. The predicted molar refractivity (Wildman–Crippen MR) is 127 cm³/mol. The Morgan fingerprint density at radius 2 is 1.94 bits per heavy atom. The van der Waals surface area contributed by atoms with E-state index in [0.29, 0.717) is 48.5 Å². The Kier molecular flexibility index (Phi) is 6.52. The minimum absolute atomic E-state index is 0.00518. The second kappa shape index (κ2) is 9.89. The van der Waals surface area contributed by atoms with E-state index in [4.69, 9.17) is 13.9 Å². The molecule has 3 aromatic rings. The molecule has 2 aliphatic rings. The molecule has 1 amide bonds. The number of amides is 1. The monoisotopic (exact) mass is 477 g/mol. The average molecular weight is 478 g/mol. The number of methoxy groups -OCH3 is 1. The normalized spacial score (nSPS) is 19.1. The van der Waals surface area contributed by atoms with Crippen LogP contribution >= 0.6 is 0 Å². The minimum Gasteiger partial charge on any atom is -0.503 e. The molecule has 0 spiro atoms. The molecule has 1 atom stereocenters. The number of nitrogens with zero attached hydrogens (tertiary/aromatic N) is 3. The molecule has 0 unspecified atom stereocenters. The zero-order chi connectivity index (χ0) is 24.4. The van der Waals surface area contributed by atoms with Gasteiger partial charge in [0.1, 0.15) is 0 Å². The van der Waals surface area contributed by atoms with Gasteiger partial charge < -0.3 is 23.9 Å². The van der Waals surface area contributed by atoms with Crippen LogP contribution in [0.5, 0.6) is 5.75 Å². The first-order valence-electron chi connectivity index (χ1n) is 11.6. The maximum atomic E-state index is 13.7. The second-order valence-electron chi connectivity index (χ2n) is 8.57. The Labute approximate surface area is 202 Å². The van der Waals surface area contributed by atoms with Crippen LogP contribution < -0.4 is 4.74 Å². The SMILES string of the molecule is COc1cccc2cc(C(=O)C3=C(O)C(=O)N(CCCN4CCOCC4)[C@@H]3c3ccncc3)oc12. The molecule has 2 aliphatic heterocycles. The highest BCUT2D eigenvalue weighted by Crippen LogP contribution is 2.40. The lowest BCUT2D eigenvalue weighted by molar-refractivity contribution is -0.129. The van der Waals surface area contributed by atoms with E-state index in [1.807, 2.05) is 6.07 Å². The number of aromatic nitrogens is 1. The van der Waals surface area contributed by atoms with Crippen molar-refractivity contribution >= 4 is 22.7 Å². The van der Waals surface area contributed by atoms with E-state index in [1.54, 1.807) is 47.6 Å². The van der Waals surface area contributed by atoms with Crippen molar-refractivity contribution in [2.24, 2.45) is 0 Å². The smallest absolute Gasteiger partial charge is 0.290 e. The number of carbonyl (C=O) groups is 2. The van der Waals surface area contributed by atoms with E-state index in [0.717, 1.165) is 19.6 Å². The summed E-state index contributed by atoms with van der Waals surface area (Å²) in [6.07, 6.45) is 3.91. The van der Waals surface area contributed by atoms with Crippen LogP contribution in [-0.2, 0) is 9.53 Å². The van der Waals surface area contributed by atoms with Gasteiger partial charge in [-0.1, -0.05) is 12.1 Å². The summed E-state index contributed by atoms with van der Waals surface area (Å²) < 4.78 is 16.6. The highest BCUT2D eigenvalue weighted by molar-refractivity contribution is 6.16. The van der Waals surface area contributed by atoms with Gasteiger partial charge in [0.2, 0.25) is 5.78 Å². The zero-order valence-corrected chi connectivity index (χ0v) is 19.5. The zero-order valence-electron chi connectivity index (χ0n) is 19.5. The van der Waals surface area contributed by atoms with Crippen LogP contribution in [0, 0.1) is 0 Å². The summed E-state index contributed by atoms with van der Waals surface area (Å²) in [5.74, 6) is -1.11. The van der Waals surface area contributed by atoms with Crippen molar-refractivity contribution in [3.8, 4) is 5.75 Å². The van der Waals surface area contributed by atoms with E-state index in [1.165, 1.54) is 7.11 Å². The van der Waals surface area contributed by atoms with Gasteiger partial charge in [0.25, 0.3) is 5.91 Å². The van der Waals surface area contributed by atoms with Crippen LogP contribution in [0.3, 0.4) is 0 Å². The number of Topliss-reactive ketones (excluding diaryl/α,β-unsaturated/α-hetero) is 1. The van der Waals surface area contributed by atoms with Gasteiger partial charge in [-0.15, -0.1) is 0 Å². The molecule has 9 heteroatoms. The number of fused-ring (bicyclic) bond motifs is 1. The number of hydrogen-bond donors (Lipinski definition) is 1. The third kappa shape index (κ3) is 4.40. The number of para-hydroxylation sites is 1. The number of benzene rings is 1. The summed E-state index contributed by atoms with van der Waals surface area (Å²) >= 11 is 0. The van der Waals surface area contributed by atoms with Gasteiger partial charge in [-0.2, -0.15) is 0 Å². The van der Waals surface area contributed by atoms with E-state index in [-0.39, 0.29) is 11.3 Å². The molecule has 182 valence electrons. The summed E-state index contributed by atoms with van der Waals surface area (Å²) in [5, 5.41) is 11.6. The summed E-state index contributed by atoms with van der Waals surface area (Å²) in [5.41, 5.74) is 1.14. The molecule has 1 aromatic carbocycles. The highest BCUT2D eigenvalue weighted by Gasteiger charge is 2.44. The Hall–Kier alpha value is -3.69. The molecule has 35 heavy (non-hydrogen) atoms. The Morgan fingerprint density at radius 1 is 1.17 bits per heavy atom. The number of aliphatic hydroxyl groups excluding tert-OH is 1. The summed E-state index contributed by atoms with van der Waals surface area (Å²) in [7, 11) is 1.52. The quantitative estimate of drug-likeness (QED) is 0.494. The number of ketones is 1. The molecule has 2 aromatic heterocycles.